The van der Waals surface area contributed by atoms with Gasteiger partial charge in [0.2, 0.25) is 0 Å². The van der Waals surface area contributed by atoms with Crippen molar-refractivity contribution in [2.45, 2.75) is 39.0 Å². The minimum Gasteiger partial charge on any atom is -1.00 e. The van der Waals surface area contributed by atoms with Crippen LogP contribution in [0.5, 0.6) is 0 Å². The number of rotatable bonds is 3. The van der Waals surface area contributed by atoms with Crippen molar-refractivity contribution in [3.63, 3.8) is 0 Å². The maximum absolute atomic E-state index is 3.15. The molecule has 2 aromatic rings. The molecule has 0 amide bonds. The van der Waals surface area contributed by atoms with Crippen LogP contribution in [0.3, 0.4) is 0 Å². The molecule has 0 unspecified atom stereocenters. The average Bonchev–Trinajstić information content (AvgIpc) is 3.44. The van der Waals surface area contributed by atoms with Gasteiger partial charge in [0.05, 0.1) is 0 Å². The second kappa shape index (κ2) is 17.8. The van der Waals surface area contributed by atoms with Gasteiger partial charge >= 0.3 is 26.2 Å². The van der Waals surface area contributed by atoms with Gasteiger partial charge in [-0.05, 0) is 0 Å². The van der Waals surface area contributed by atoms with E-state index in [9.17, 15) is 0 Å². The summed E-state index contributed by atoms with van der Waals surface area (Å²) in [7, 11) is -0.101. The Kier molecular flexibility index (Phi) is 18.7. The number of allylic oxidation sites excluding steroid dienone is 8. The van der Waals surface area contributed by atoms with Gasteiger partial charge in [-0.25, -0.2) is 12.2 Å². The van der Waals surface area contributed by atoms with Gasteiger partial charge in [-0.3, -0.25) is 12.2 Å². The van der Waals surface area contributed by atoms with Crippen molar-refractivity contribution in [2.75, 3.05) is 0 Å². The predicted molar refractivity (Wildman–Crippen MR) is 131 cm³/mol. The molecule has 0 fully saturated rings. The van der Waals surface area contributed by atoms with E-state index in [0.717, 1.165) is 12.8 Å². The van der Waals surface area contributed by atoms with Gasteiger partial charge in [-0.1, -0.05) is 86.9 Å². The van der Waals surface area contributed by atoms with Gasteiger partial charge < -0.3 is 24.8 Å². The molecule has 162 valence electrons. The Morgan fingerprint density at radius 2 is 1.00 bits per heavy atom. The first-order chi connectivity index (χ1) is 13.5. The van der Waals surface area contributed by atoms with E-state index in [2.05, 4.69) is 111 Å². The molecule has 5 heteroatoms. The van der Waals surface area contributed by atoms with E-state index in [1.54, 1.807) is 0 Å². The summed E-state index contributed by atoms with van der Waals surface area (Å²) in [6.07, 6.45) is 16.7. The molecule has 0 nitrogen and oxygen atoms in total. The van der Waals surface area contributed by atoms with Crippen LogP contribution in [0, 0.1) is 12.2 Å². The van der Waals surface area contributed by atoms with Crippen LogP contribution in [0.25, 0.3) is 11.1 Å². The van der Waals surface area contributed by atoms with Crippen molar-refractivity contribution < 1.29 is 51.0 Å². The normalized spacial score (nSPS) is 13.4. The fourth-order valence-electron chi connectivity index (χ4n) is 2.46. The molecule has 2 aliphatic carbocycles. The Bertz CT molecular complexity index is 771. The van der Waals surface area contributed by atoms with Crippen molar-refractivity contribution in [1.82, 2.24) is 0 Å². The second-order valence-electron chi connectivity index (χ2n) is 8.07. The van der Waals surface area contributed by atoms with Gasteiger partial charge in [0.15, 0.2) is 0 Å². The maximum atomic E-state index is 3.15. The van der Waals surface area contributed by atoms with E-state index in [0.29, 0.717) is 9.04 Å². The van der Waals surface area contributed by atoms with E-state index in [4.69, 9.17) is 0 Å². The largest absolute Gasteiger partial charge is 4.00 e. The molecule has 0 aromatic heterocycles. The minimum absolute atomic E-state index is 0. The van der Waals surface area contributed by atoms with Crippen LogP contribution in [0.2, 0.25) is 26.2 Å². The zero-order valence-electron chi connectivity index (χ0n) is 19.0. The molecule has 31 heavy (non-hydrogen) atoms. The molecular weight excluding hydrogens is 531 g/mol. The first-order valence-corrected chi connectivity index (χ1v) is 17.4. The topological polar surface area (TPSA) is 0 Å². The van der Waals surface area contributed by atoms with E-state index < -0.39 is 7.59 Å². The molecule has 0 spiro atoms. The minimum atomic E-state index is -0.492. The van der Waals surface area contributed by atoms with Crippen LogP contribution in [-0.4, -0.2) is 16.6 Å². The molecule has 0 N–H and O–H groups in total. The van der Waals surface area contributed by atoms with Gasteiger partial charge in [0.25, 0.3) is 0 Å². The van der Waals surface area contributed by atoms with Crippen molar-refractivity contribution in [3.8, 4) is 0 Å². The van der Waals surface area contributed by atoms with Crippen LogP contribution < -0.4 is 24.8 Å². The number of hydrogen-bond donors (Lipinski definition) is 0. The van der Waals surface area contributed by atoms with Gasteiger partial charge in [0, 0.05) is 16.6 Å². The van der Waals surface area contributed by atoms with Crippen molar-refractivity contribution >= 4 is 27.8 Å². The molecule has 0 bridgehead atoms. The SMILES string of the molecule is C[SiH2][Si](C)(C)C.[C-]1=CC(c2ccccc2)=CC1.[C-]1=CC(c2ccccc2)=CC1.[Cl-].[Cl-].[Zr+4]. The first-order valence-electron chi connectivity index (χ1n) is 10.1. The summed E-state index contributed by atoms with van der Waals surface area (Å²) in [5.74, 6) is 0. The molecule has 0 aliphatic heterocycles. The van der Waals surface area contributed by atoms with E-state index in [1.165, 1.54) is 22.3 Å². The molecule has 2 aromatic carbocycles. The number of halogens is 2. The molecule has 0 saturated heterocycles. The van der Waals surface area contributed by atoms with Crippen molar-refractivity contribution in [2.24, 2.45) is 0 Å². The Labute approximate surface area is 224 Å². The third-order valence-corrected chi connectivity index (χ3v) is 13.2. The molecule has 0 saturated carbocycles. The Balaban J connectivity index is 0. The van der Waals surface area contributed by atoms with E-state index in [-0.39, 0.29) is 51.0 Å². The van der Waals surface area contributed by atoms with Crippen molar-refractivity contribution in [3.05, 3.63) is 108 Å². The predicted octanol–water partition coefficient (Wildman–Crippen LogP) is 0.710. The summed E-state index contributed by atoms with van der Waals surface area (Å²) in [4.78, 5) is 0. The van der Waals surface area contributed by atoms with E-state index >= 15 is 0 Å². The zero-order valence-corrected chi connectivity index (χ0v) is 25.3. The molecule has 0 radical (unpaired) electrons. The molecule has 4 rings (SSSR count). The third-order valence-electron chi connectivity index (χ3n) is 4.67. The Morgan fingerprint density at radius 3 is 1.23 bits per heavy atom. The fraction of sp³-hybridized carbons (Fsp3) is 0.231. The third kappa shape index (κ3) is 13.4. The molecule has 0 atom stereocenters. The first kappa shape index (κ1) is 32.5. The summed E-state index contributed by atoms with van der Waals surface area (Å²) in [6.45, 7) is 9.74. The van der Waals surface area contributed by atoms with Crippen LogP contribution in [0.4, 0.5) is 0 Å². The molecule has 2 aliphatic rings. The summed E-state index contributed by atoms with van der Waals surface area (Å²) in [6, 6.07) is 20.8. The van der Waals surface area contributed by atoms with Crippen LogP contribution in [-0.2, 0) is 26.2 Å². The van der Waals surface area contributed by atoms with Gasteiger partial charge in [-0.2, -0.15) is 23.3 Å². The van der Waals surface area contributed by atoms with Crippen LogP contribution in [0.15, 0.2) is 85.0 Å². The van der Waals surface area contributed by atoms with Crippen LogP contribution in [0.1, 0.15) is 24.0 Å². The molecule has 0 heterocycles. The summed E-state index contributed by atoms with van der Waals surface area (Å²) in [5.41, 5.74) is 5.17. The van der Waals surface area contributed by atoms with Crippen molar-refractivity contribution in [1.29, 1.82) is 0 Å². The smallest absolute Gasteiger partial charge is 1.00 e. The molecular formula is C26H32Cl2Si2Zr. The average molecular weight is 563 g/mol. The Hall–Kier alpha value is -0.703. The van der Waals surface area contributed by atoms with Gasteiger partial charge in [-0.15, -0.1) is 24.0 Å². The van der Waals surface area contributed by atoms with E-state index in [1.807, 2.05) is 12.1 Å². The standard InChI is InChI=1S/2C11H9.C4H14Si2.2ClH.Zr/c2*1-2-6-10(7-3-1)11-8-4-5-9-11;1-5-6(2,3)4;;;/h2*1-3,6-9H,4H2;5H2,1-4H3;2*1H;/q2*-1;;;;+4/p-2. The number of hydrogen-bond acceptors (Lipinski definition) is 0. The second-order valence-corrected chi connectivity index (χ2v) is 22.4. The summed E-state index contributed by atoms with van der Waals surface area (Å²) >= 11 is 0. The van der Waals surface area contributed by atoms with Gasteiger partial charge in [0.1, 0.15) is 0 Å². The zero-order chi connectivity index (χ0) is 20.2. The summed E-state index contributed by atoms with van der Waals surface area (Å²) in [5, 5.41) is 0. The quantitative estimate of drug-likeness (QED) is 0.382. The maximum Gasteiger partial charge on any atom is 4.00 e. The summed E-state index contributed by atoms with van der Waals surface area (Å²) < 4.78 is 0. The fourth-order valence-corrected chi connectivity index (χ4v) is 2.46. The van der Waals surface area contributed by atoms with Crippen LogP contribution >= 0.6 is 0 Å². The number of benzene rings is 2. The monoisotopic (exact) mass is 560 g/mol. The Morgan fingerprint density at radius 1 is 0.677 bits per heavy atom.